The molecule has 10 heteroatoms. The lowest BCUT2D eigenvalue weighted by Crippen LogP contribution is -2.52. The number of furan rings is 1. The van der Waals surface area contributed by atoms with Gasteiger partial charge in [0.15, 0.2) is 5.54 Å². The third-order valence-electron chi connectivity index (χ3n) is 5.39. The van der Waals surface area contributed by atoms with Gasteiger partial charge in [0.05, 0.1) is 13.7 Å². The highest BCUT2D eigenvalue weighted by Crippen LogP contribution is 2.34. The number of hydrogen-bond donors (Lipinski definition) is 3. The predicted molar refractivity (Wildman–Crippen MR) is 105 cm³/mol. The summed E-state index contributed by atoms with van der Waals surface area (Å²) in [6.45, 7) is 0.171. The lowest BCUT2D eigenvalue weighted by Gasteiger charge is -2.28. The molecule has 0 radical (unpaired) electrons. The molecule has 4 N–H and O–H groups in total. The molecule has 4 amide bonds. The van der Waals surface area contributed by atoms with Gasteiger partial charge < -0.3 is 25.1 Å². The first kappa shape index (κ1) is 18.0. The van der Waals surface area contributed by atoms with Gasteiger partial charge in [-0.05, 0) is 35.9 Å². The molecule has 1 saturated heterocycles. The second-order valence-corrected chi connectivity index (χ2v) is 7.24. The van der Waals surface area contributed by atoms with Gasteiger partial charge in [-0.3, -0.25) is 14.9 Å². The molecule has 0 unspecified atom stereocenters. The maximum atomic E-state index is 13.0. The van der Waals surface area contributed by atoms with Gasteiger partial charge in [-0.15, -0.1) is 0 Å². The van der Waals surface area contributed by atoms with E-state index in [0.717, 1.165) is 5.56 Å². The van der Waals surface area contributed by atoms with E-state index in [1.165, 1.54) is 12.0 Å². The largest absolute Gasteiger partial charge is 0.497 e. The lowest BCUT2D eigenvalue weighted by atomic mass is 9.95. The Morgan fingerprint density at radius 2 is 2.07 bits per heavy atom. The zero-order chi connectivity index (χ0) is 21.0. The number of aromatic nitrogens is 1. The van der Waals surface area contributed by atoms with Crippen molar-refractivity contribution in [2.75, 3.05) is 19.4 Å². The number of urea groups is 1. The number of rotatable bonds is 4. The number of nitrogen functional groups attached to an aromatic ring is 1. The number of fused-ring (bicyclic) bond motifs is 2. The van der Waals surface area contributed by atoms with Crippen LogP contribution in [0.1, 0.15) is 21.7 Å². The van der Waals surface area contributed by atoms with E-state index >= 15 is 0 Å². The van der Waals surface area contributed by atoms with Gasteiger partial charge in [0, 0.05) is 17.5 Å². The molecule has 5 rings (SSSR count). The van der Waals surface area contributed by atoms with Crippen molar-refractivity contribution in [1.82, 2.24) is 20.5 Å². The van der Waals surface area contributed by atoms with E-state index in [9.17, 15) is 14.4 Å². The van der Waals surface area contributed by atoms with E-state index < -0.39 is 17.5 Å². The van der Waals surface area contributed by atoms with Crippen molar-refractivity contribution in [2.24, 2.45) is 0 Å². The molecular weight excluding hydrogens is 390 g/mol. The van der Waals surface area contributed by atoms with Crippen molar-refractivity contribution in [3.05, 3.63) is 53.3 Å². The topological polar surface area (TPSA) is 140 Å². The van der Waals surface area contributed by atoms with Gasteiger partial charge in [0.25, 0.3) is 11.8 Å². The fourth-order valence-electron chi connectivity index (χ4n) is 3.88. The van der Waals surface area contributed by atoms with E-state index in [1.807, 2.05) is 0 Å². The number of nitrogens with one attached hydrogen (secondary N) is 2. The third-order valence-corrected chi connectivity index (χ3v) is 5.39. The number of anilines is 1. The molecule has 2 aliphatic rings. The smallest absolute Gasteiger partial charge is 0.322 e. The Balaban J connectivity index is 1.55. The van der Waals surface area contributed by atoms with Crippen molar-refractivity contribution in [3.63, 3.8) is 0 Å². The molecule has 30 heavy (non-hydrogen) atoms. The van der Waals surface area contributed by atoms with E-state index in [0.29, 0.717) is 16.7 Å². The number of imide groups is 1. The predicted octanol–water partition coefficient (Wildman–Crippen LogP) is 1.11. The molecule has 1 aromatic carbocycles. The summed E-state index contributed by atoms with van der Waals surface area (Å²) in [6.07, 6.45) is 0. The number of amides is 4. The van der Waals surface area contributed by atoms with Crippen LogP contribution in [0.2, 0.25) is 0 Å². The van der Waals surface area contributed by atoms with Crippen molar-refractivity contribution in [3.8, 4) is 5.75 Å². The summed E-state index contributed by atoms with van der Waals surface area (Å²) < 4.78 is 11.0. The van der Waals surface area contributed by atoms with Crippen LogP contribution < -0.4 is 21.1 Å². The minimum atomic E-state index is -1.59. The Kier molecular flexibility index (Phi) is 3.72. The normalized spacial score (nSPS) is 20.4. The van der Waals surface area contributed by atoms with Crippen molar-refractivity contribution in [2.45, 2.75) is 12.1 Å². The number of methoxy groups -OCH3 is 1. The Hall–Kier alpha value is -4.08. The summed E-state index contributed by atoms with van der Waals surface area (Å²) in [6, 6.07) is 9.49. The molecule has 2 aliphatic heterocycles. The molecule has 1 fully saturated rings. The molecule has 0 spiro atoms. The molecule has 0 saturated carbocycles. The van der Waals surface area contributed by atoms with Crippen LogP contribution in [0, 0.1) is 0 Å². The summed E-state index contributed by atoms with van der Waals surface area (Å²) in [5.41, 5.74) is 5.65. The summed E-state index contributed by atoms with van der Waals surface area (Å²) >= 11 is 0. The maximum Gasteiger partial charge on any atom is 0.322 e. The van der Waals surface area contributed by atoms with E-state index in [1.54, 1.807) is 36.4 Å². The summed E-state index contributed by atoms with van der Waals surface area (Å²) in [5, 5.41) is 5.49. The molecular formula is C20H17N5O5. The van der Waals surface area contributed by atoms with Gasteiger partial charge in [-0.25, -0.2) is 4.79 Å². The highest BCUT2D eigenvalue weighted by Gasteiger charge is 2.53. The summed E-state index contributed by atoms with van der Waals surface area (Å²) in [4.78, 5) is 43.5. The number of carbonyl (C=O) groups is 3. The number of hydrogen-bond acceptors (Lipinski definition) is 7. The van der Waals surface area contributed by atoms with E-state index in [-0.39, 0.29) is 36.3 Å². The zero-order valence-corrected chi connectivity index (χ0v) is 15.9. The maximum absolute atomic E-state index is 13.0. The Morgan fingerprint density at radius 1 is 1.23 bits per heavy atom. The standard InChI is InChI=1S/C20H17N5O5/c1-29-12-4-2-11-8-25(17(26)13(11)7-12)9-20(18(27)23-19(28)24-20)14-6-10-3-5-15(21)22-16(10)30-14/h2-7H,8-9H2,1H3,(H2,21,22)(H2,23,24,27,28)/t20-/m0/s1. The number of carbonyl (C=O) groups excluding carboxylic acids is 3. The molecule has 152 valence electrons. The average Bonchev–Trinajstić information content (AvgIpc) is 3.36. The third kappa shape index (κ3) is 2.57. The van der Waals surface area contributed by atoms with Crippen LogP contribution in [0.4, 0.5) is 10.6 Å². The van der Waals surface area contributed by atoms with Crippen LogP contribution in [-0.2, 0) is 16.9 Å². The van der Waals surface area contributed by atoms with Gasteiger partial charge in [-0.2, -0.15) is 4.98 Å². The Bertz CT molecular complexity index is 1240. The fourth-order valence-corrected chi connectivity index (χ4v) is 3.88. The number of benzene rings is 1. The Labute approximate surface area is 170 Å². The minimum absolute atomic E-state index is 0.115. The van der Waals surface area contributed by atoms with Crippen molar-refractivity contribution in [1.29, 1.82) is 0 Å². The second kappa shape index (κ2) is 6.21. The zero-order valence-electron chi connectivity index (χ0n) is 15.9. The first-order chi connectivity index (χ1) is 14.4. The van der Waals surface area contributed by atoms with Crippen molar-refractivity contribution >= 4 is 34.8 Å². The van der Waals surface area contributed by atoms with Crippen LogP contribution in [0.5, 0.6) is 5.75 Å². The van der Waals surface area contributed by atoms with Crippen LogP contribution in [0.15, 0.2) is 40.8 Å². The first-order valence-electron chi connectivity index (χ1n) is 9.16. The van der Waals surface area contributed by atoms with E-state index in [4.69, 9.17) is 14.9 Å². The molecule has 4 heterocycles. The van der Waals surface area contributed by atoms with Gasteiger partial charge >= 0.3 is 6.03 Å². The number of pyridine rings is 1. The Morgan fingerprint density at radius 3 is 2.80 bits per heavy atom. The molecule has 2 aromatic heterocycles. The molecule has 10 nitrogen and oxygen atoms in total. The van der Waals surface area contributed by atoms with Crippen LogP contribution in [-0.4, -0.2) is 41.4 Å². The SMILES string of the molecule is COc1ccc2c(c1)C(=O)N(C[C@@]1(c3cc4ccc(N)nc4o3)NC(=O)NC1=O)C2. The molecule has 3 aromatic rings. The van der Waals surface area contributed by atoms with Gasteiger partial charge in [0.2, 0.25) is 5.71 Å². The highest BCUT2D eigenvalue weighted by molar-refractivity contribution is 6.08. The lowest BCUT2D eigenvalue weighted by molar-refractivity contribution is -0.125. The van der Waals surface area contributed by atoms with Crippen LogP contribution in [0.3, 0.4) is 0 Å². The monoisotopic (exact) mass is 407 g/mol. The number of nitrogens with zero attached hydrogens (tertiary/aromatic N) is 2. The second-order valence-electron chi connectivity index (χ2n) is 7.24. The van der Waals surface area contributed by atoms with Crippen molar-refractivity contribution < 1.29 is 23.5 Å². The highest BCUT2D eigenvalue weighted by atomic mass is 16.5. The molecule has 0 bridgehead atoms. The average molecular weight is 407 g/mol. The summed E-state index contributed by atoms with van der Waals surface area (Å²) in [5.74, 6) is 0.111. The van der Waals surface area contributed by atoms with Crippen LogP contribution in [0.25, 0.3) is 11.1 Å². The summed E-state index contributed by atoms with van der Waals surface area (Å²) in [7, 11) is 1.52. The molecule has 1 atom stereocenters. The van der Waals surface area contributed by atoms with E-state index in [2.05, 4.69) is 15.6 Å². The number of nitrogens with two attached hydrogens (primary N) is 1. The quantitative estimate of drug-likeness (QED) is 0.550. The van der Waals surface area contributed by atoms with Gasteiger partial charge in [-0.1, -0.05) is 6.07 Å². The first-order valence-corrected chi connectivity index (χ1v) is 9.16. The van der Waals surface area contributed by atoms with Crippen LogP contribution >= 0.6 is 0 Å². The molecule has 0 aliphatic carbocycles. The number of ether oxygens (including phenoxy) is 1. The van der Waals surface area contributed by atoms with Gasteiger partial charge in [0.1, 0.15) is 17.3 Å². The minimum Gasteiger partial charge on any atom is -0.497 e. The fraction of sp³-hybridized carbons (Fsp3) is 0.200.